The summed E-state index contributed by atoms with van der Waals surface area (Å²) in [5, 5.41) is 0. The minimum Gasteiger partial charge on any atom is -0.376 e. The highest BCUT2D eigenvalue weighted by Crippen LogP contribution is 2.27. The van der Waals surface area contributed by atoms with Crippen LogP contribution in [-0.2, 0) is 9.47 Å². The molecule has 0 unspecified atom stereocenters. The molecule has 1 fully saturated rings. The molecule has 70 valence electrons. The van der Waals surface area contributed by atoms with Crippen molar-refractivity contribution in [2.24, 2.45) is 0 Å². The molecule has 0 spiro atoms. The molecule has 0 saturated carbocycles. The summed E-state index contributed by atoms with van der Waals surface area (Å²) in [7, 11) is 0. The van der Waals surface area contributed by atoms with Gasteiger partial charge in [-0.15, -0.1) is 0 Å². The standard InChI is InChI=1S/C10H11BrO2/c11-9-4-2-1-3-8(9)10-7-12-5-6-13-10/h1-4,10H,5-7H2/t10-/m1/s1. The summed E-state index contributed by atoms with van der Waals surface area (Å²) >= 11 is 3.50. The molecule has 0 bridgehead atoms. The molecular weight excluding hydrogens is 232 g/mol. The summed E-state index contributed by atoms with van der Waals surface area (Å²) in [5.74, 6) is 0. The van der Waals surface area contributed by atoms with Gasteiger partial charge in [-0.3, -0.25) is 0 Å². The summed E-state index contributed by atoms with van der Waals surface area (Å²) < 4.78 is 12.0. The summed E-state index contributed by atoms with van der Waals surface area (Å²) in [6.45, 7) is 2.05. The lowest BCUT2D eigenvalue weighted by Gasteiger charge is -2.23. The van der Waals surface area contributed by atoms with Crippen molar-refractivity contribution in [1.29, 1.82) is 0 Å². The molecule has 1 atom stereocenters. The summed E-state index contributed by atoms with van der Waals surface area (Å²) in [6.07, 6.45) is 0.0873. The smallest absolute Gasteiger partial charge is 0.107 e. The van der Waals surface area contributed by atoms with Gasteiger partial charge in [0.15, 0.2) is 0 Å². The van der Waals surface area contributed by atoms with Crippen LogP contribution in [0.15, 0.2) is 28.7 Å². The Morgan fingerprint density at radius 3 is 2.77 bits per heavy atom. The van der Waals surface area contributed by atoms with Crippen LogP contribution in [-0.4, -0.2) is 19.8 Å². The molecule has 1 aliphatic rings. The van der Waals surface area contributed by atoms with Crippen molar-refractivity contribution >= 4 is 15.9 Å². The van der Waals surface area contributed by atoms with E-state index in [2.05, 4.69) is 22.0 Å². The lowest BCUT2D eigenvalue weighted by molar-refractivity contribution is -0.0904. The Labute approximate surface area is 86.0 Å². The zero-order chi connectivity index (χ0) is 9.10. The Hall–Kier alpha value is -0.380. The van der Waals surface area contributed by atoms with Crippen LogP contribution in [0.5, 0.6) is 0 Å². The maximum absolute atomic E-state index is 5.59. The fourth-order valence-electron chi connectivity index (χ4n) is 1.40. The fourth-order valence-corrected chi connectivity index (χ4v) is 1.94. The monoisotopic (exact) mass is 242 g/mol. The maximum Gasteiger partial charge on any atom is 0.107 e. The van der Waals surface area contributed by atoms with Gasteiger partial charge in [0.1, 0.15) is 6.10 Å². The van der Waals surface area contributed by atoms with Gasteiger partial charge < -0.3 is 9.47 Å². The van der Waals surface area contributed by atoms with Gasteiger partial charge >= 0.3 is 0 Å². The van der Waals surface area contributed by atoms with E-state index in [-0.39, 0.29) is 6.10 Å². The highest BCUT2D eigenvalue weighted by molar-refractivity contribution is 9.10. The van der Waals surface area contributed by atoms with Crippen LogP contribution >= 0.6 is 15.9 Å². The van der Waals surface area contributed by atoms with Gasteiger partial charge in [-0.05, 0) is 11.6 Å². The number of hydrogen-bond acceptors (Lipinski definition) is 2. The van der Waals surface area contributed by atoms with Crippen molar-refractivity contribution in [3.8, 4) is 0 Å². The highest BCUT2D eigenvalue weighted by atomic mass is 79.9. The second-order valence-corrected chi connectivity index (χ2v) is 3.81. The maximum atomic E-state index is 5.59. The molecule has 0 aliphatic carbocycles. The molecule has 3 heteroatoms. The van der Waals surface area contributed by atoms with Crippen molar-refractivity contribution < 1.29 is 9.47 Å². The van der Waals surface area contributed by atoms with Crippen LogP contribution in [0, 0.1) is 0 Å². The van der Waals surface area contributed by atoms with Gasteiger partial charge in [0.25, 0.3) is 0 Å². The van der Waals surface area contributed by atoms with Crippen LogP contribution in [0.4, 0.5) is 0 Å². The lowest BCUT2D eigenvalue weighted by atomic mass is 10.1. The minimum atomic E-state index is 0.0873. The predicted octanol–water partition coefficient (Wildman–Crippen LogP) is 2.54. The number of benzene rings is 1. The molecule has 1 aromatic carbocycles. The molecule has 1 aliphatic heterocycles. The molecule has 2 rings (SSSR count). The molecule has 0 amide bonds. The van der Waals surface area contributed by atoms with E-state index in [1.54, 1.807) is 0 Å². The van der Waals surface area contributed by atoms with E-state index in [1.807, 2.05) is 18.2 Å². The number of rotatable bonds is 1. The molecule has 1 saturated heterocycles. The van der Waals surface area contributed by atoms with E-state index in [1.165, 1.54) is 5.56 Å². The van der Waals surface area contributed by atoms with Gasteiger partial charge in [0.2, 0.25) is 0 Å². The molecule has 2 nitrogen and oxygen atoms in total. The van der Waals surface area contributed by atoms with E-state index in [4.69, 9.17) is 9.47 Å². The Kier molecular flexibility index (Phi) is 2.98. The molecule has 0 aromatic heterocycles. The van der Waals surface area contributed by atoms with Crippen molar-refractivity contribution in [3.63, 3.8) is 0 Å². The largest absolute Gasteiger partial charge is 0.376 e. The third-order valence-electron chi connectivity index (χ3n) is 2.07. The number of hydrogen-bond donors (Lipinski definition) is 0. The van der Waals surface area contributed by atoms with E-state index in [0.29, 0.717) is 19.8 Å². The summed E-state index contributed by atoms with van der Waals surface area (Å²) in [5.41, 5.74) is 1.17. The van der Waals surface area contributed by atoms with Crippen molar-refractivity contribution in [3.05, 3.63) is 34.3 Å². The van der Waals surface area contributed by atoms with Gasteiger partial charge in [0, 0.05) is 4.47 Å². The Morgan fingerprint density at radius 2 is 2.08 bits per heavy atom. The first-order valence-corrected chi connectivity index (χ1v) is 5.11. The zero-order valence-electron chi connectivity index (χ0n) is 7.20. The lowest BCUT2D eigenvalue weighted by Crippen LogP contribution is -2.22. The van der Waals surface area contributed by atoms with Crippen molar-refractivity contribution in [1.82, 2.24) is 0 Å². The molecule has 0 N–H and O–H groups in total. The molecule has 1 aromatic rings. The SMILES string of the molecule is Brc1ccccc1[C@H]1COCCO1. The normalized spacial score (nSPS) is 23.0. The first-order valence-electron chi connectivity index (χ1n) is 4.31. The highest BCUT2D eigenvalue weighted by Gasteiger charge is 2.18. The van der Waals surface area contributed by atoms with Crippen LogP contribution in [0.2, 0.25) is 0 Å². The van der Waals surface area contributed by atoms with E-state index < -0.39 is 0 Å². The van der Waals surface area contributed by atoms with Gasteiger partial charge in [-0.25, -0.2) is 0 Å². The average molecular weight is 243 g/mol. The predicted molar refractivity (Wildman–Crippen MR) is 53.7 cm³/mol. The van der Waals surface area contributed by atoms with Gasteiger partial charge in [-0.1, -0.05) is 34.1 Å². The second kappa shape index (κ2) is 4.22. The summed E-state index contributed by atoms with van der Waals surface area (Å²) in [6, 6.07) is 8.09. The molecule has 1 heterocycles. The minimum absolute atomic E-state index is 0.0873. The number of ether oxygens (including phenoxy) is 2. The van der Waals surface area contributed by atoms with Crippen LogP contribution in [0.1, 0.15) is 11.7 Å². The Balaban J connectivity index is 2.18. The first-order chi connectivity index (χ1) is 6.38. The van der Waals surface area contributed by atoms with Crippen LogP contribution in [0.25, 0.3) is 0 Å². The topological polar surface area (TPSA) is 18.5 Å². The van der Waals surface area contributed by atoms with Crippen molar-refractivity contribution in [2.45, 2.75) is 6.10 Å². The third kappa shape index (κ3) is 2.10. The van der Waals surface area contributed by atoms with Gasteiger partial charge in [0.05, 0.1) is 19.8 Å². The molecule has 13 heavy (non-hydrogen) atoms. The first kappa shape index (κ1) is 9.19. The van der Waals surface area contributed by atoms with Gasteiger partial charge in [-0.2, -0.15) is 0 Å². The molecular formula is C10H11BrO2. The van der Waals surface area contributed by atoms with E-state index in [0.717, 1.165) is 4.47 Å². The Morgan fingerprint density at radius 1 is 1.23 bits per heavy atom. The van der Waals surface area contributed by atoms with Crippen molar-refractivity contribution in [2.75, 3.05) is 19.8 Å². The number of halogens is 1. The quantitative estimate of drug-likeness (QED) is 0.754. The van der Waals surface area contributed by atoms with Crippen LogP contribution in [0.3, 0.4) is 0 Å². The Bertz CT molecular complexity index is 282. The third-order valence-corrected chi connectivity index (χ3v) is 2.79. The average Bonchev–Trinajstić information content (AvgIpc) is 2.20. The van der Waals surface area contributed by atoms with Crippen LogP contribution < -0.4 is 0 Å². The zero-order valence-corrected chi connectivity index (χ0v) is 8.79. The molecule has 0 radical (unpaired) electrons. The van der Waals surface area contributed by atoms with E-state index >= 15 is 0 Å². The fraction of sp³-hybridized carbons (Fsp3) is 0.400. The summed E-state index contributed by atoms with van der Waals surface area (Å²) in [4.78, 5) is 0. The second-order valence-electron chi connectivity index (χ2n) is 2.96. The van der Waals surface area contributed by atoms with E-state index in [9.17, 15) is 0 Å².